The second-order valence-corrected chi connectivity index (χ2v) is 4.11. The number of halogens is 4. The molecule has 0 bridgehead atoms. The van der Waals surface area contributed by atoms with Crippen LogP contribution >= 0.6 is 11.6 Å². The van der Waals surface area contributed by atoms with Crippen LogP contribution in [0.15, 0.2) is 36.4 Å². The predicted molar refractivity (Wildman–Crippen MR) is 67.5 cm³/mol. The van der Waals surface area contributed by atoms with E-state index in [0.717, 1.165) is 6.07 Å². The van der Waals surface area contributed by atoms with Crippen molar-refractivity contribution in [2.75, 3.05) is 5.43 Å². The standard InChI is InChI=1S/C12H9ClF3N3/c13-9-6-8(19-17)10(12(14,15)16)11(18-9)7-4-2-1-3-5-7/h1-6H,17H2,(H,18,19). The first kappa shape index (κ1) is 13.6. The first-order valence-electron chi connectivity index (χ1n) is 5.23. The monoisotopic (exact) mass is 287 g/mol. The molecule has 1 aromatic heterocycles. The van der Waals surface area contributed by atoms with E-state index in [1.807, 2.05) is 5.43 Å². The molecule has 100 valence electrons. The maximum Gasteiger partial charge on any atom is 0.420 e. The summed E-state index contributed by atoms with van der Waals surface area (Å²) in [7, 11) is 0. The highest BCUT2D eigenvalue weighted by Crippen LogP contribution is 2.41. The van der Waals surface area contributed by atoms with Gasteiger partial charge in [0.15, 0.2) is 0 Å². The Morgan fingerprint density at radius 2 is 1.79 bits per heavy atom. The van der Waals surface area contributed by atoms with Crippen LogP contribution in [-0.4, -0.2) is 4.98 Å². The Kier molecular flexibility index (Phi) is 3.64. The van der Waals surface area contributed by atoms with Crippen LogP contribution in [0.1, 0.15) is 5.56 Å². The van der Waals surface area contributed by atoms with Gasteiger partial charge in [-0.2, -0.15) is 13.2 Å². The third-order valence-electron chi connectivity index (χ3n) is 2.47. The molecule has 19 heavy (non-hydrogen) atoms. The Morgan fingerprint density at radius 3 is 2.32 bits per heavy atom. The van der Waals surface area contributed by atoms with Gasteiger partial charge in [0.05, 0.1) is 11.4 Å². The fourth-order valence-electron chi connectivity index (χ4n) is 1.72. The molecule has 2 aromatic rings. The van der Waals surface area contributed by atoms with Crippen molar-refractivity contribution in [2.45, 2.75) is 6.18 Å². The van der Waals surface area contributed by atoms with Gasteiger partial charge in [-0.05, 0) is 0 Å². The van der Waals surface area contributed by atoms with Gasteiger partial charge in [-0.1, -0.05) is 41.9 Å². The SMILES string of the molecule is NNc1cc(Cl)nc(-c2ccccc2)c1C(F)(F)F. The first-order valence-corrected chi connectivity index (χ1v) is 5.61. The minimum atomic E-state index is -4.59. The Hall–Kier alpha value is -1.79. The largest absolute Gasteiger partial charge is 0.420 e. The highest BCUT2D eigenvalue weighted by molar-refractivity contribution is 6.29. The highest BCUT2D eigenvalue weighted by Gasteiger charge is 2.38. The van der Waals surface area contributed by atoms with E-state index >= 15 is 0 Å². The number of anilines is 1. The summed E-state index contributed by atoms with van der Waals surface area (Å²) in [5, 5.41) is -0.0696. The van der Waals surface area contributed by atoms with E-state index in [4.69, 9.17) is 17.4 Å². The maximum absolute atomic E-state index is 13.1. The second kappa shape index (κ2) is 5.07. The molecule has 3 nitrogen and oxygen atoms in total. The third-order valence-corrected chi connectivity index (χ3v) is 2.67. The Labute approximate surface area is 112 Å². The number of hydrogen-bond acceptors (Lipinski definition) is 3. The summed E-state index contributed by atoms with van der Waals surface area (Å²) in [6, 6.07) is 9.02. The van der Waals surface area contributed by atoms with E-state index in [1.165, 1.54) is 12.1 Å². The van der Waals surface area contributed by atoms with Crippen molar-refractivity contribution in [3.8, 4) is 11.3 Å². The van der Waals surface area contributed by atoms with Crippen LogP contribution in [0.25, 0.3) is 11.3 Å². The van der Waals surface area contributed by atoms with E-state index in [-0.39, 0.29) is 16.5 Å². The molecule has 0 aliphatic carbocycles. The molecule has 1 heterocycles. The van der Waals surface area contributed by atoms with Gasteiger partial charge < -0.3 is 5.43 Å². The fourth-order valence-corrected chi connectivity index (χ4v) is 1.91. The average molecular weight is 288 g/mol. The first-order chi connectivity index (χ1) is 8.93. The Balaban J connectivity index is 2.75. The molecule has 2 rings (SSSR count). The summed E-state index contributed by atoms with van der Waals surface area (Å²) in [5.74, 6) is 5.13. The molecule has 0 saturated heterocycles. The highest BCUT2D eigenvalue weighted by atomic mass is 35.5. The summed E-state index contributed by atoms with van der Waals surface area (Å²) >= 11 is 5.73. The summed E-state index contributed by atoms with van der Waals surface area (Å²) in [5.41, 5.74) is 0.814. The molecule has 0 fully saturated rings. The quantitative estimate of drug-likeness (QED) is 0.503. The van der Waals surface area contributed by atoms with Gasteiger partial charge in [-0.3, -0.25) is 5.84 Å². The maximum atomic E-state index is 13.1. The average Bonchev–Trinajstić information content (AvgIpc) is 2.37. The summed E-state index contributed by atoms with van der Waals surface area (Å²) in [6.07, 6.45) is -4.59. The molecular weight excluding hydrogens is 279 g/mol. The summed E-state index contributed by atoms with van der Waals surface area (Å²) in [6.45, 7) is 0. The van der Waals surface area contributed by atoms with E-state index in [1.54, 1.807) is 18.2 Å². The number of benzene rings is 1. The van der Waals surface area contributed by atoms with Crippen molar-refractivity contribution >= 4 is 17.3 Å². The lowest BCUT2D eigenvalue weighted by Gasteiger charge is -2.16. The molecule has 0 aliphatic heterocycles. The number of aromatic nitrogens is 1. The van der Waals surface area contributed by atoms with E-state index in [9.17, 15) is 13.2 Å². The molecule has 0 atom stereocenters. The number of rotatable bonds is 2. The van der Waals surface area contributed by atoms with E-state index in [2.05, 4.69) is 4.98 Å². The number of alkyl halides is 3. The molecule has 0 aliphatic rings. The van der Waals surface area contributed by atoms with Gasteiger partial charge in [0.25, 0.3) is 0 Å². The van der Waals surface area contributed by atoms with Crippen LogP contribution in [0.3, 0.4) is 0 Å². The molecule has 0 unspecified atom stereocenters. The minimum Gasteiger partial charge on any atom is -0.323 e. The number of nitrogen functional groups attached to an aromatic ring is 1. The van der Waals surface area contributed by atoms with Gasteiger partial charge in [0, 0.05) is 11.6 Å². The number of nitrogens with zero attached hydrogens (tertiary/aromatic N) is 1. The number of hydrazine groups is 1. The third kappa shape index (κ3) is 2.80. The topological polar surface area (TPSA) is 50.9 Å². The second-order valence-electron chi connectivity index (χ2n) is 3.72. The number of nitrogens with two attached hydrogens (primary N) is 1. The Morgan fingerprint density at radius 1 is 1.16 bits per heavy atom. The predicted octanol–water partition coefficient (Wildman–Crippen LogP) is 3.71. The van der Waals surface area contributed by atoms with E-state index in [0.29, 0.717) is 5.56 Å². The van der Waals surface area contributed by atoms with Crippen molar-refractivity contribution in [1.29, 1.82) is 0 Å². The molecule has 0 radical (unpaired) electrons. The molecule has 7 heteroatoms. The fraction of sp³-hybridized carbons (Fsp3) is 0.0833. The lowest BCUT2D eigenvalue weighted by Crippen LogP contribution is -2.17. The van der Waals surface area contributed by atoms with Crippen LogP contribution in [0.2, 0.25) is 5.15 Å². The molecule has 0 amide bonds. The van der Waals surface area contributed by atoms with Gasteiger partial charge in [0.1, 0.15) is 10.7 Å². The molecular formula is C12H9ClF3N3. The number of hydrogen-bond donors (Lipinski definition) is 2. The van der Waals surface area contributed by atoms with Gasteiger partial charge in [-0.25, -0.2) is 4.98 Å². The van der Waals surface area contributed by atoms with Crippen molar-refractivity contribution < 1.29 is 13.2 Å². The lowest BCUT2D eigenvalue weighted by atomic mass is 10.0. The molecule has 0 spiro atoms. The minimum absolute atomic E-state index is 0.0696. The van der Waals surface area contributed by atoms with Gasteiger partial charge in [0.2, 0.25) is 0 Å². The smallest absolute Gasteiger partial charge is 0.323 e. The normalized spacial score (nSPS) is 11.4. The molecule has 3 N–H and O–H groups in total. The van der Waals surface area contributed by atoms with Crippen molar-refractivity contribution in [2.24, 2.45) is 5.84 Å². The lowest BCUT2D eigenvalue weighted by molar-refractivity contribution is -0.136. The van der Waals surface area contributed by atoms with Crippen molar-refractivity contribution in [1.82, 2.24) is 4.98 Å². The van der Waals surface area contributed by atoms with Crippen LogP contribution in [-0.2, 0) is 6.18 Å². The van der Waals surface area contributed by atoms with E-state index < -0.39 is 11.7 Å². The Bertz CT molecular complexity index is 585. The van der Waals surface area contributed by atoms with Crippen molar-refractivity contribution in [3.05, 3.63) is 47.1 Å². The molecule has 1 aromatic carbocycles. The van der Waals surface area contributed by atoms with Crippen LogP contribution < -0.4 is 11.3 Å². The number of nitrogens with one attached hydrogen (secondary N) is 1. The van der Waals surface area contributed by atoms with Gasteiger partial charge in [-0.15, -0.1) is 0 Å². The van der Waals surface area contributed by atoms with Crippen molar-refractivity contribution in [3.63, 3.8) is 0 Å². The zero-order chi connectivity index (χ0) is 14.0. The van der Waals surface area contributed by atoms with Gasteiger partial charge >= 0.3 is 6.18 Å². The summed E-state index contributed by atoms with van der Waals surface area (Å²) in [4.78, 5) is 3.77. The summed E-state index contributed by atoms with van der Waals surface area (Å²) < 4.78 is 39.4. The van der Waals surface area contributed by atoms with Crippen LogP contribution in [0.4, 0.5) is 18.9 Å². The number of pyridine rings is 1. The molecule has 0 saturated carbocycles. The zero-order valence-corrected chi connectivity index (χ0v) is 10.3. The van der Waals surface area contributed by atoms with Crippen LogP contribution in [0, 0.1) is 0 Å². The van der Waals surface area contributed by atoms with Crippen LogP contribution in [0.5, 0.6) is 0 Å². The zero-order valence-electron chi connectivity index (χ0n) is 9.50.